The molecular formula is C19H17ClN2O. The fraction of sp³-hybridized carbons (Fsp3) is 0.211. The number of aromatic nitrogens is 1. The first-order valence-corrected chi connectivity index (χ1v) is 8.03. The van der Waals surface area contributed by atoms with Crippen LogP contribution in [0.15, 0.2) is 42.5 Å². The van der Waals surface area contributed by atoms with Crippen molar-refractivity contribution in [2.75, 3.05) is 14.1 Å². The molecule has 3 aromatic rings. The highest BCUT2D eigenvalue weighted by atomic mass is 35.5. The maximum atomic E-state index is 13.0. The minimum atomic E-state index is 0.00547. The number of nitrogens with zero attached hydrogens (tertiary/aromatic N) is 2. The first kappa shape index (κ1) is 14.5. The van der Waals surface area contributed by atoms with Crippen molar-refractivity contribution in [1.29, 1.82) is 0 Å². The molecule has 0 saturated heterocycles. The van der Waals surface area contributed by atoms with E-state index in [0.29, 0.717) is 5.02 Å². The molecule has 1 atom stereocenters. The Morgan fingerprint density at radius 3 is 2.43 bits per heavy atom. The maximum Gasteiger partial charge on any atom is 0.263 e. The van der Waals surface area contributed by atoms with E-state index in [1.165, 1.54) is 0 Å². The van der Waals surface area contributed by atoms with Gasteiger partial charge in [0.25, 0.3) is 5.91 Å². The highest BCUT2D eigenvalue weighted by Crippen LogP contribution is 2.45. The molecule has 0 spiro atoms. The van der Waals surface area contributed by atoms with Gasteiger partial charge in [-0.1, -0.05) is 41.9 Å². The van der Waals surface area contributed by atoms with Crippen LogP contribution in [0.2, 0.25) is 5.02 Å². The molecule has 1 aliphatic rings. The lowest BCUT2D eigenvalue weighted by molar-refractivity contribution is 0.0973. The van der Waals surface area contributed by atoms with E-state index < -0.39 is 0 Å². The van der Waals surface area contributed by atoms with Crippen LogP contribution in [0.5, 0.6) is 0 Å². The molecule has 1 aliphatic heterocycles. The Morgan fingerprint density at radius 1 is 1.04 bits per heavy atom. The Kier molecular flexibility index (Phi) is 3.12. The number of rotatable bonds is 2. The molecule has 0 bridgehead atoms. The van der Waals surface area contributed by atoms with Crippen molar-refractivity contribution in [1.82, 2.24) is 9.47 Å². The summed E-state index contributed by atoms with van der Waals surface area (Å²) < 4.78 is 1.79. The summed E-state index contributed by atoms with van der Waals surface area (Å²) in [6.07, 6.45) is 0. The van der Waals surface area contributed by atoms with Crippen LogP contribution >= 0.6 is 11.6 Å². The Morgan fingerprint density at radius 2 is 1.74 bits per heavy atom. The van der Waals surface area contributed by atoms with Crippen molar-refractivity contribution in [3.8, 4) is 11.3 Å². The lowest BCUT2D eigenvalue weighted by Crippen LogP contribution is -2.17. The van der Waals surface area contributed by atoms with Gasteiger partial charge in [0.1, 0.15) is 0 Å². The van der Waals surface area contributed by atoms with Gasteiger partial charge < -0.3 is 4.90 Å². The number of hydrogen-bond acceptors (Lipinski definition) is 2. The van der Waals surface area contributed by atoms with Crippen LogP contribution < -0.4 is 0 Å². The summed E-state index contributed by atoms with van der Waals surface area (Å²) in [5.74, 6) is 0.00547. The summed E-state index contributed by atoms with van der Waals surface area (Å²) in [4.78, 5) is 15.1. The predicted molar refractivity (Wildman–Crippen MR) is 94.2 cm³/mol. The van der Waals surface area contributed by atoms with Gasteiger partial charge >= 0.3 is 0 Å². The molecule has 0 aliphatic carbocycles. The van der Waals surface area contributed by atoms with Gasteiger partial charge in [-0.3, -0.25) is 9.36 Å². The SMILES string of the molecule is CC(c1c2n(c3c(Cl)cccc13)C(=O)c1ccccc1-2)N(C)C. The minimum absolute atomic E-state index is 0.00547. The molecule has 0 N–H and O–H groups in total. The lowest BCUT2D eigenvalue weighted by atomic mass is 9.97. The van der Waals surface area contributed by atoms with Crippen LogP contribution in [0.1, 0.15) is 28.9 Å². The van der Waals surface area contributed by atoms with E-state index in [4.69, 9.17) is 11.6 Å². The number of carbonyl (C=O) groups is 1. The van der Waals surface area contributed by atoms with E-state index in [1.54, 1.807) is 4.57 Å². The molecule has 0 amide bonds. The molecule has 4 rings (SSSR count). The zero-order valence-electron chi connectivity index (χ0n) is 13.3. The van der Waals surface area contributed by atoms with Crippen molar-refractivity contribution in [3.63, 3.8) is 0 Å². The van der Waals surface area contributed by atoms with Crippen LogP contribution in [0.25, 0.3) is 22.2 Å². The van der Waals surface area contributed by atoms with E-state index in [9.17, 15) is 4.79 Å². The van der Waals surface area contributed by atoms with Crippen molar-refractivity contribution < 1.29 is 4.79 Å². The van der Waals surface area contributed by atoms with E-state index in [-0.39, 0.29) is 11.9 Å². The average molecular weight is 325 g/mol. The molecule has 1 aromatic heterocycles. The van der Waals surface area contributed by atoms with Crippen molar-refractivity contribution >= 4 is 28.4 Å². The average Bonchev–Trinajstić information content (AvgIpc) is 3.02. The third-order valence-corrected chi connectivity index (χ3v) is 5.09. The fourth-order valence-electron chi connectivity index (χ4n) is 3.47. The van der Waals surface area contributed by atoms with Crippen LogP contribution in [0, 0.1) is 0 Å². The minimum Gasteiger partial charge on any atom is -0.303 e. The van der Waals surface area contributed by atoms with Crippen LogP contribution in [-0.2, 0) is 0 Å². The largest absolute Gasteiger partial charge is 0.303 e. The molecule has 2 aromatic carbocycles. The summed E-state index contributed by atoms with van der Waals surface area (Å²) in [6.45, 7) is 2.15. The highest BCUT2D eigenvalue weighted by molar-refractivity contribution is 6.36. The number of carbonyl (C=O) groups excluding carboxylic acids is 1. The van der Waals surface area contributed by atoms with Gasteiger partial charge in [0.15, 0.2) is 0 Å². The Labute approximate surface area is 140 Å². The molecule has 1 unspecified atom stereocenters. The topological polar surface area (TPSA) is 25.2 Å². The molecule has 116 valence electrons. The van der Waals surface area contributed by atoms with Gasteiger partial charge in [-0.2, -0.15) is 0 Å². The van der Waals surface area contributed by atoms with Crippen LogP contribution in [0.3, 0.4) is 0 Å². The summed E-state index contributed by atoms with van der Waals surface area (Å²) in [5, 5.41) is 1.67. The van der Waals surface area contributed by atoms with Crippen molar-refractivity contribution in [3.05, 3.63) is 58.6 Å². The second kappa shape index (κ2) is 4.95. The number of fused-ring (bicyclic) bond motifs is 5. The number of para-hydroxylation sites is 1. The van der Waals surface area contributed by atoms with Crippen molar-refractivity contribution in [2.45, 2.75) is 13.0 Å². The summed E-state index contributed by atoms with van der Waals surface area (Å²) >= 11 is 6.46. The molecule has 23 heavy (non-hydrogen) atoms. The van der Waals surface area contributed by atoms with Gasteiger partial charge in [0.05, 0.1) is 16.2 Å². The molecule has 2 heterocycles. The fourth-order valence-corrected chi connectivity index (χ4v) is 3.73. The Bertz CT molecular complexity index is 955. The Hall–Kier alpha value is -2.10. The standard InChI is InChI=1S/C19H17ClN2O/c1-11(21(2)3)16-14-9-6-10-15(20)17(14)22-18(16)12-7-4-5-8-13(12)19(22)23/h4-11H,1-3H3. The Balaban J connectivity index is 2.20. The second-order valence-corrected chi connectivity index (χ2v) is 6.63. The summed E-state index contributed by atoms with van der Waals surface area (Å²) in [7, 11) is 4.10. The molecule has 4 heteroatoms. The van der Waals surface area contributed by atoms with Gasteiger partial charge in [-0.05, 0) is 33.2 Å². The first-order chi connectivity index (χ1) is 11.0. The van der Waals surface area contributed by atoms with E-state index >= 15 is 0 Å². The molecule has 0 saturated carbocycles. The second-order valence-electron chi connectivity index (χ2n) is 6.22. The third-order valence-electron chi connectivity index (χ3n) is 4.79. The van der Waals surface area contributed by atoms with E-state index in [1.807, 2.05) is 50.5 Å². The zero-order chi connectivity index (χ0) is 16.3. The molecule has 0 radical (unpaired) electrons. The highest BCUT2D eigenvalue weighted by Gasteiger charge is 2.34. The molecular weight excluding hydrogens is 308 g/mol. The predicted octanol–water partition coefficient (Wildman–Crippen LogP) is 4.59. The zero-order valence-corrected chi connectivity index (χ0v) is 14.1. The number of hydrogen-bond donors (Lipinski definition) is 0. The van der Waals surface area contributed by atoms with E-state index in [0.717, 1.165) is 33.3 Å². The molecule has 3 nitrogen and oxygen atoms in total. The van der Waals surface area contributed by atoms with Crippen LogP contribution in [-0.4, -0.2) is 29.5 Å². The van der Waals surface area contributed by atoms with Gasteiger partial charge in [-0.15, -0.1) is 0 Å². The number of halogens is 1. The third kappa shape index (κ3) is 1.84. The maximum absolute atomic E-state index is 13.0. The smallest absolute Gasteiger partial charge is 0.263 e. The van der Waals surface area contributed by atoms with Gasteiger partial charge in [0, 0.05) is 28.1 Å². The quantitative estimate of drug-likeness (QED) is 0.539. The normalized spacial score (nSPS) is 14.4. The summed E-state index contributed by atoms with van der Waals surface area (Å²) in [6, 6.07) is 13.8. The monoisotopic (exact) mass is 324 g/mol. The van der Waals surface area contributed by atoms with Crippen molar-refractivity contribution in [2.24, 2.45) is 0 Å². The lowest BCUT2D eigenvalue weighted by Gasteiger charge is -2.21. The first-order valence-electron chi connectivity index (χ1n) is 7.65. The number of benzene rings is 2. The van der Waals surface area contributed by atoms with Crippen LogP contribution in [0.4, 0.5) is 0 Å². The van der Waals surface area contributed by atoms with E-state index in [2.05, 4.69) is 17.9 Å². The van der Waals surface area contributed by atoms with Gasteiger partial charge in [0.2, 0.25) is 0 Å². The molecule has 0 fully saturated rings. The van der Waals surface area contributed by atoms with Gasteiger partial charge in [-0.25, -0.2) is 0 Å². The summed E-state index contributed by atoms with van der Waals surface area (Å²) in [5.41, 5.74) is 4.69.